The van der Waals surface area contributed by atoms with Gasteiger partial charge in [-0.25, -0.2) is 0 Å². The zero-order valence-electron chi connectivity index (χ0n) is 21.6. The number of rotatable bonds is 17. The van der Waals surface area contributed by atoms with Crippen molar-refractivity contribution in [2.45, 2.75) is 58.9 Å². The van der Waals surface area contributed by atoms with Crippen molar-refractivity contribution in [3.8, 4) is 5.75 Å². The zero-order valence-corrected chi connectivity index (χ0v) is 21.6. The van der Waals surface area contributed by atoms with Crippen molar-refractivity contribution in [2.24, 2.45) is 5.92 Å². The summed E-state index contributed by atoms with van der Waals surface area (Å²) in [6.45, 7) is 15.5. The molecule has 4 N–H and O–H groups in total. The number of allylic oxidation sites excluding steroid dienone is 6. The number of benzene rings is 1. The van der Waals surface area contributed by atoms with E-state index < -0.39 is 0 Å². The van der Waals surface area contributed by atoms with Gasteiger partial charge in [-0.05, 0) is 93.7 Å². The summed E-state index contributed by atoms with van der Waals surface area (Å²) in [4.78, 5) is 0. The first-order valence-corrected chi connectivity index (χ1v) is 12.4. The van der Waals surface area contributed by atoms with E-state index >= 15 is 0 Å². The van der Waals surface area contributed by atoms with Gasteiger partial charge in [0.25, 0.3) is 0 Å². The molecule has 0 saturated heterocycles. The van der Waals surface area contributed by atoms with E-state index in [2.05, 4.69) is 61.9 Å². The largest absolute Gasteiger partial charge is 0.493 e. The second-order valence-corrected chi connectivity index (χ2v) is 9.50. The van der Waals surface area contributed by atoms with Crippen LogP contribution < -0.4 is 15.4 Å². The minimum absolute atomic E-state index is 0.208. The highest BCUT2D eigenvalue weighted by Crippen LogP contribution is 2.29. The first kappa shape index (κ1) is 27.9. The van der Waals surface area contributed by atoms with E-state index in [1.54, 1.807) is 0 Å². The van der Waals surface area contributed by atoms with Gasteiger partial charge in [0.15, 0.2) is 0 Å². The van der Waals surface area contributed by atoms with Crippen LogP contribution >= 0.6 is 0 Å². The average Bonchev–Trinajstić information content (AvgIpc) is 3.65. The predicted octanol–water partition coefficient (Wildman–Crippen LogP) is 6.51. The molecule has 5 heteroatoms. The second-order valence-electron chi connectivity index (χ2n) is 9.50. The van der Waals surface area contributed by atoms with Crippen molar-refractivity contribution in [2.75, 3.05) is 13.2 Å². The zero-order chi connectivity index (χ0) is 25.6. The van der Waals surface area contributed by atoms with Gasteiger partial charge in [-0.1, -0.05) is 43.0 Å². The maximum absolute atomic E-state index is 7.72. The molecule has 1 fully saturated rings. The Balaban J connectivity index is 1.83. The summed E-state index contributed by atoms with van der Waals surface area (Å²) >= 11 is 0. The highest BCUT2D eigenvalue weighted by molar-refractivity contribution is 5.82. The Morgan fingerprint density at radius 1 is 1.17 bits per heavy atom. The van der Waals surface area contributed by atoms with E-state index in [1.165, 1.54) is 36.4 Å². The quantitative estimate of drug-likeness (QED) is 0.153. The summed E-state index contributed by atoms with van der Waals surface area (Å²) < 4.78 is 5.89. The molecule has 2 rings (SSSR count). The SMILES string of the molecule is C=C(C)NC(C)CC(=C)/C(C=N)=C/CN/C(C=N)=C/C=C(\C)CCc1cccc(OCC2CC2)c1. The molecule has 5 nitrogen and oxygen atoms in total. The van der Waals surface area contributed by atoms with E-state index in [4.69, 9.17) is 15.6 Å². The highest BCUT2D eigenvalue weighted by atomic mass is 16.5. The van der Waals surface area contributed by atoms with E-state index in [9.17, 15) is 0 Å². The molecule has 1 aliphatic rings. The fourth-order valence-electron chi connectivity index (χ4n) is 3.65. The Labute approximate surface area is 211 Å². The molecule has 0 aromatic heterocycles. The van der Waals surface area contributed by atoms with Gasteiger partial charge in [0.05, 0.1) is 12.3 Å². The van der Waals surface area contributed by atoms with Gasteiger partial charge in [-0.2, -0.15) is 0 Å². The van der Waals surface area contributed by atoms with Gasteiger partial charge in [0.2, 0.25) is 0 Å². The van der Waals surface area contributed by atoms with Gasteiger partial charge < -0.3 is 26.2 Å². The van der Waals surface area contributed by atoms with Crippen LogP contribution in [0.4, 0.5) is 0 Å². The molecular weight excluding hydrogens is 432 g/mol. The van der Waals surface area contributed by atoms with Crippen molar-refractivity contribution in [3.63, 3.8) is 0 Å². The third-order valence-electron chi connectivity index (χ3n) is 5.83. The molecule has 1 aromatic carbocycles. The lowest BCUT2D eigenvalue weighted by Crippen LogP contribution is -2.24. The van der Waals surface area contributed by atoms with Crippen molar-refractivity contribution >= 4 is 12.4 Å². The summed E-state index contributed by atoms with van der Waals surface area (Å²) in [5, 5.41) is 22.0. The molecule has 1 aliphatic carbocycles. The Morgan fingerprint density at radius 2 is 1.94 bits per heavy atom. The lowest BCUT2D eigenvalue weighted by Gasteiger charge is -2.16. The Hall–Kier alpha value is -3.34. The van der Waals surface area contributed by atoms with Crippen LogP contribution in [-0.2, 0) is 6.42 Å². The van der Waals surface area contributed by atoms with E-state index in [-0.39, 0.29) is 6.04 Å². The number of hydrogen-bond acceptors (Lipinski definition) is 5. The summed E-state index contributed by atoms with van der Waals surface area (Å²) in [6, 6.07) is 8.60. The van der Waals surface area contributed by atoms with Crippen LogP contribution in [0.25, 0.3) is 0 Å². The van der Waals surface area contributed by atoms with Gasteiger partial charge in [-0.3, -0.25) is 0 Å². The molecule has 188 valence electrons. The molecule has 35 heavy (non-hydrogen) atoms. The number of ether oxygens (including phenoxy) is 1. The summed E-state index contributed by atoms with van der Waals surface area (Å²) in [5.41, 5.74) is 5.87. The van der Waals surface area contributed by atoms with Crippen LogP contribution in [0.1, 0.15) is 52.0 Å². The Morgan fingerprint density at radius 3 is 2.60 bits per heavy atom. The van der Waals surface area contributed by atoms with Crippen LogP contribution in [0.3, 0.4) is 0 Å². The Kier molecular flexibility index (Phi) is 11.8. The summed E-state index contributed by atoms with van der Waals surface area (Å²) in [7, 11) is 0. The topological polar surface area (TPSA) is 81.0 Å². The molecular formula is C30H42N4O. The first-order chi connectivity index (χ1) is 16.8. The first-order valence-electron chi connectivity index (χ1n) is 12.4. The molecule has 1 unspecified atom stereocenters. The number of aryl methyl sites for hydroxylation is 1. The number of hydrogen-bond donors (Lipinski definition) is 4. The molecule has 0 bridgehead atoms. The van der Waals surface area contributed by atoms with E-state index in [1.807, 2.05) is 25.1 Å². The second kappa shape index (κ2) is 14.8. The monoisotopic (exact) mass is 474 g/mol. The Bertz CT molecular complexity index is 982. The highest BCUT2D eigenvalue weighted by Gasteiger charge is 2.21. The third kappa shape index (κ3) is 11.6. The molecule has 0 spiro atoms. The van der Waals surface area contributed by atoms with E-state index in [0.717, 1.165) is 60.1 Å². The summed E-state index contributed by atoms with van der Waals surface area (Å²) in [5.74, 6) is 1.72. The predicted molar refractivity (Wildman–Crippen MR) is 150 cm³/mol. The van der Waals surface area contributed by atoms with Gasteiger partial charge >= 0.3 is 0 Å². The molecule has 0 aliphatic heterocycles. The fraction of sp³-hybridized carbons (Fsp3) is 0.400. The van der Waals surface area contributed by atoms with Crippen LogP contribution in [-0.4, -0.2) is 31.6 Å². The fourth-order valence-corrected chi connectivity index (χ4v) is 3.65. The van der Waals surface area contributed by atoms with Crippen molar-refractivity contribution in [3.05, 3.63) is 89.3 Å². The molecule has 1 atom stereocenters. The van der Waals surface area contributed by atoms with Crippen molar-refractivity contribution in [1.29, 1.82) is 10.8 Å². The minimum atomic E-state index is 0.208. The average molecular weight is 475 g/mol. The van der Waals surface area contributed by atoms with Crippen LogP contribution in [0.5, 0.6) is 5.75 Å². The molecule has 0 radical (unpaired) electrons. The standard InChI is InChI=1S/C30H42N4O/c1-22(2)34-25(5)17-24(4)28(19-31)15-16-33-29(20-32)14-10-23(3)9-11-26-7-6-8-30(18-26)35-21-27-12-13-27/h6-8,10,14-15,18-20,25,27,31-34H,1,4,9,11-13,16-17,21H2,2-3,5H3/b23-10+,28-15+,29-14+,31-19?,32-20?. The van der Waals surface area contributed by atoms with Crippen LogP contribution in [0, 0.1) is 16.7 Å². The lowest BCUT2D eigenvalue weighted by atomic mass is 10.0. The third-order valence-corrected chi connectivity index (χ3v) is 5.83. The van der Waals surface area contributed by atoms with Gasteiger partial charge in [0, 0.05) is 30.7 Å². The van der Waals surface area contributed by atoms with Crippen molar-refractivity contribution in [1.82, 2.24) is 10.6 Å². The van der Waals surface area contributed by atoms with Crippen molar-refractivity contribution < 1.29 is 4.74 Å². The van der Waals surface area contributed by atoms with Crippen LogP contribution in [0.15, 0.2) is 83.8 Å². The van der Waals surface area contributed by atoms with Gasteiger partial charge in [-0.15, -0.1) is 0 Å². The number of nitrogens with one attached hydrogen (secondary N) is 4. The maximum atomic E-state index is 7.72. The molecule has 1 aromatic rings. The molecule has 1 saturated carbocycles. The maximum Gasteiger partial charge on any atom is 0.119 e. The lowest BCUT2D eigenvalue weighted by molar-refractivity contribution is 0.299. The summed E-state index contributed by atoms with van der Waals surface area (Å²) in [6.07, 6.45) is 13.8. The minimum Gasteiger partial charge on any atom is -0.493 e. The van der Waals surface area contributed by atoms with E-state index in [0.29, 0.717) is 6.54 Å². The van der Waals surface area contributed by atoms with Crippen LogP contribution in [0.2, 0.25) is 0 Å². The normalized spacial score (nSPS) is 15.2. The smallest absolute Gasteiger partial charge is 0.119 e. The van der Waals surface area contributed by atoms with Gasteiger partial charge in [0.1, 0.15) is 5.75 Å². The molecule has 0 amide bonds. The molecule has 0 heterocycles.